The Balaban J connectivity index is 1.64. The summed E-state index contributed by atoms with van der Waals surface area (Å²) >= 11 is 1.85. The molecule has 3 rings (SSSR count). The van der Waals surface area contributed by atoms with E-state index < -0.39 is 0 Å². The van der Waals surface area contributed by atoms with Crippen LogP contribution in [0.5, 0.6) is 0 Å². The molecule has 1 aromatic carbocycles. The second kappa shape index (κ2) is 7.49. The van der Waals surface area contributed by atoms with Gasteiger partial charge in [-0.05, 0) is 54.8 Å². The van der Waals surface area contributed by atoms with Crippen LogP contribution in [0.4, 0.5) is 0 Å². The highest BCUT2D eigenvalue weighted by Gasteiger charge is 2.28. The summed E-state index contributed by atoms with van der Waals surface area (Å²) in [4.78, 5) is 16.4. The maximum absolute atomic E-state index is 12.6. The first-order chi connectivity index (χ1) is 11.6. The number of amides is 1. The Labute approximate surface area is 148 Å². The third-order valence-corrected chi connectivity index (χ3v) is 5.97. The molecule has 0 bridgehead atoms. The monoisotopic (exact) mass is 342 g/mol. The minimum absolute atomic E-state index is 0.0419. The van der Waals surface area contributed by atoms with Gasteiger partial charge in [0.2, 0.25) is 5.91 Å². The van der Waals surface area contributed by atoms with E-state index in [4.69, 9.17) is 0 Å². The van der Waals surface area contributed by atoms with Crippen LogP contribution in [0.15, 0.2) is 35.7 Å². The van der Waals surface area contributed by atoms with Gasteiger partial charge in [-0.25, -0.2) is 0 Å². The number of carbonyl (C=O) groups is 1. The van der Waals surface area contributed by atoms with Crippen molar-refractivity contribution in [3.05, 3.63) is 57.3 Å². The van der Waals surface area contributed by atoms with Crippen LogP contribution in [-0.2, 0) is 11.2 Å². The van der Waals surface area contributed by atoms with E-state index in [0.717, 1.165) is 19.4 Å². The second-order valence-electron chi connectivity index (χ2n) is 6.59. The molecule has 4 heteroatoms. The summed E-state index contributed by atoms with van der Waals surface area (Å²) in [5.41, 5.74) is 3.84. The van der Waals surface area contributed by atoms with Crippen molar-refractivity contribution in [2.45, 2.75) is 45.7 Å². The summed E-state index contributed by atoms with van der Waals surface area (Å²) in [6, 6.07) is 10.9. The molecule has 1 aliphatic heterocycles. The summed E-state index contributed by atoms with van der Waals surface area (Å²) in [5.74, 6) is 0.114. The van der Waals surface area contributed by atoms with Gasteiger partial charge < -0.3 is 5.32 Å². The lowest BCUT2D eigenvalue weighted by atomic mass is 9.98. The molecule has 0 saturated carbocycles. The van der Waals surface area contributed by atoms with Gasteiger partial charge in [0.1, 0.15) is 0 Å². The quantitative estimate of drug-likeness (QED) is 0.881. The third kappa shape index (κ3) is 3.55. The zero-order valence-corrected chi connectivity index (χ0v) is 15.5. The summed E-state index contributed by atoms with van der Waals surface area (Å²) < 4.78 is 0. The van der Waals surface area contributed by atoms with E-state index in [2.05, 4.69) is 54.6 Å². The van der Waals surface area contributed by atoms with E-state index in [1.807, 2.05) is 23.5 Å². The second-order valence-corrected chi connectivity index (χ2v) is 7.59. The van der Waals surface area contributed by atoms with Gasteiger partial charge in [0.15, 0.2) is 0 Å². The Bertz CT molecular complexity index is 709. The van der Waals surface area contributed by atoms with E-state index in [9.17, 15) is 4.79 Å². The number of nitrogens with one attached hydrogen (secondary N) is 1. The lowest BCUT2D eigenvalue weighted by molar-refractivity contribution is -0.123. The molecule has 1 N–H and O–H groups in total. The lowest BCUT2D eigenvalue weighted by Gasteiger charge is -2.35. The van der Waals surface area contributed by atoms with Crippen molar-refractivity contribution < 1.29 is 4.79 Å². The van der Waals surface area contributed by atoms with Crippen LogP contribution in [0, 0.1) is 6.92 Å². The zero-order valence-electron chi connectivity index (χ0n) is 14.7. The molecule has 1 aromatic heterocycles. The molecule has 0 unspecified atom stereocenters. The maximum Gasteiger partial charge on any atom is 0.234 e. The molecular weight excluding hydrogens is 316 g/mol. The maximum atomic E-state index is 12.6. The first kappa shape index (κ1) is 17.2. The summed E-state index contributed by atoms with van der Waals surface area (Å²) in [7, 11) is 0. The first-order valence-electron chi connectivity index (χ1n) is 8.75. The van der Waals surface area contributed by atoms with Crippen LogP contribution in [-0.4, -0.2) is 23.9 Å². The van der Waals surface area contributed by atoms with Gasteiger partial charge in [-0.3, -0.25) is 9.69 Å². The molecule has 2 atom stereocenters. The number of aryl methyl sites for hydroxylation is 1. The predicted octanol–water partition coefficient (Wildman–Crippen LogP) is 4.24. The van der Waals surface area contributed by atoms with E-state index in [0.29, 0.717) is 12.6 Å². The first-order valence-corrected chi connectivity index (χ1v) is 9.63. The number of thiophene rings is 1. The van der Waals surface area contributed by atoms with Gasteiger partial charge >= 0.3 is 0 Å². The summed E-state index contributed by atoms with van der Waals surface area (Å²) in [6.45, 7) is 7.80. The number of nitrogens with zero attached hydrogens (tertiary/aromatic N) is 1. The van der Waals surface area contributed by atoms with E-state index in [1.54, 1.807) is 0 Å². The Morgan fingerprint density at radius 3 is 2.92 bits per heavy atom. The Morgan fingerprint density at radius 2 is 2.17 bits per heavy atom. The number of hydrogen-bond acceptors (Lipinski definition) is 3. The van der Waals surface area contributed by atoms with Crippen molar-refractivity contribution in [1.82, 2.24) is 10.2 Å². The van der Waals surface area contributed by atoms with Crippen molar-refractivity contribution in [2.75, 3.05) is 13.1 Å². The number of fused-ring (bicyclic) bond motifs is 1. The number of benzene rings is 1. The summed E-state index contributed by atoms with van der Waals surface area (Å²) in [5, 5.41) is 5.35. The zero-order chi connectivity index (χ0) is 17.1. The normalized spacial score (nSPS) is 18.9. The number of carbonyl (C=O) groups excluding carboxylic acids is 1. The highest BCUT2D eigenvalue weighted by atomic mass is 32.1. The van der Waals surface area contributed by atoms with E-state index in [1.165, 1.54) is 21.6 Å². The van der Waals surface area contributed by atoms with Crippen LogP contribution in [0.3, 0.4) is 0 Å². The Hall–Kier alpha value is -1.65. The Morgan fingerprint density at radius 1 is 1.38 bits per heavy atom. The topological polar surface area (TPSA) is 32.3 Å². The van der Waals surface area contributed by atoms with Crippen LogP contribution >= 0.6 is 11.3 Å². The molecule has 0 spiro atoms. The number of rotatable bonds is 5. The third-order valence-electron chi connectivity index (χ3n) is 4.97. The fraction of sp³-hybridized carbons (Fsp3) is 0.450. The minimum atomic E-state index is 0.0419. The Kier molecular flexibility index (Phi) is 5.36. The average molecular weight is 343 g/mol. The van der Waals surface area contributed by atoms with Crippen molar-refractivity contribution >= 4 is 17.2 Å². The molecule has 3 nitrogen and oxygen atoms in total. The molecular formula is C20H26N2OS. The smallest absolute Gasteiger partial charge is 0.234 e. The van der Waals surface area contributed by atoms with Crippen molar-refractivity contribution in [2.24, 2.45) is 0 Å². The molecule has 128 valence electrons. The van der Waals surface area contributed by atoms with Crippen LogP contribution in [0.2, 0.25) is 0 Å². The van der Waals surface area contributed by atoms with E-state index >= 15 is 0 Å². The fourth-order valence-corrected chi connectivity index (χ4v) is 4.67. The average Bonchev–Trinajstić information content (AvgIpc) is 3.03. The SMILES string of the molecule is CC[C@H]1c2ccsc2CCN1CC(=O)N[C@H](C)c1ccccc1C. The van der Waals surface area contributed by atoms with Crippen molar-refractivity contribution in [3.8, 4) is 0 Å². The molecule has 0 radical (unpaired) electrons. The molecule has 1 amide bonds. The minimum Gasteiger partial charge on any atom is -0.348 e. The van der Waals surface area contributed by atoms with Gasteiger partial charge in [-0.15, -0.1) is 11.3 Å². The van der Waals surface area contributed by atoms with Gasteiger partial charge in [0.05, 0.1) is 12.6 Å². The van der Waals surface area contributed by atoms with Gasteiger partial charge in [-0.1, -0.05) is 31.2 Å². The highest BCUT2D eigenvalue weighted by molar-refractivity contribution is 7.10. The van der Waals surface area contributed by atoms with Crippen LogP contribution < -0.4 is 5.32 Å². The van der Waals surface area contributed by atoms with Crippen LogP contribution in [0.25, 0.3) is 0 Å². The fourth-order valence-electron chi connectivity index (χ4n) is 3.74. The highest BCUT2D eigenvalue weighted by Crippen LogP contribution is 2.34. The molecule has 2 aromatic rings. The number of hydrogen-bond donors (Lipinski definition) is 1. The predicted molar refractivity (Wildman–Crippen MR) is 100 cm³/mol. The van der Waals surface area contributed by atoms with Crippen molar-refractivity contribution in [1.29, 1.82) is 0 Å². The van der Waals surface area contributed by atoms with Gasteiger partial charge in [0, 0.05) is 17.5 Å². The van der Waals surface area contributed by atoms with Crippen LogP contribution in [0.1, 0.15) is 53.9 Å². The van der Waals surface area contributed by atoms with Crippen molar-refractivity contribution in [3.63, 3.8) is 0 Å². The molecule has 0 fully saturated rings. The van der Waals surface area contributed by atoms with Gasteiger partial charge in [-0.2, -0.15) is 0 Å². The molecule has 24 heavy (non-hydrogen) atoms. The summed E-state index contributed by atoms with van der Waals surface area (Å²) in [6.07, 6.45) is 2.11. The standard InChI is InChI=1S/C20H26N2OS/c1-4-18-17-10-12-24-19(17)9-11-22(18)13-20(23)21-15(3)16-8-6-5-7-14(16)2/h5-8,10,12,15,18H,4,9,11,13H2,1-3H3,(H,21,23)/t15-,18+/m1/s1. The van der Waals surface area contributed by atoms with E-state index in [-0.39, 0.29) is 11.9 Å². The molecule has 0 saturated heterocycles. The lowest BCUT2D eigenvalue weighted by Crippen LogP contribution is -2.42. The molecule has 2 heterocycles. The largest absolute Gasteiger partial charge is 0.348 e. The molecule has 0 aliphatic carbocycles. The molecule has 1 aliphatic rings. The van der Waals surface area contributed by atoms with Gasteiger partial charge in [0.25, 0.3) is 0 Å².